The molecule has 20 heavy (non-hydrogen) atoms. The number of rotatable bonds is 4. The maximum absolute atomic E-state index is 5.57. The van der Waals surface area contributed by atoms with E-state index < -0.39 is 0 Å². The highest BCUT2D eigenvalue weighted by Gasteiger charge is 2.31. The number of nitrogens with one attached hydrogen (secondary N) is 1. The van der Waals surface area contributed by atoms with E-state index in [2.05, 4.69) is 34.3 Å². The molecule has 2 aliphatic rings. The van der Waals surface area contributed by atoms with E-state index in [9.17, 15) is 0 Å². The van der Waals surface area contributed by atoms with Crippen molar-refractivity contribution in [2.24, 2.45) is 0 Å². The van der Waals surface area contributed by atoms with Crippen molar-refractivity contribution < 1.29 is 4.74 Å². The zero-order valence-corrected chi connectivity index (χ0v) is 12.3. The lowest BCUT2D eigenvalue weighted by Gasteiger charge is -2.34. The molecule has 0 spiro atoms. The number of hydrogen-bond donors (Lipinski definition) is 1. The normalized spacial score (nSPS) is 29.4. The summed E-state index contributed by atoms with van der Waals surface area (Å²) in [6, 6.07) is 6.00. The Bertz CT molecular complexity index is 405. The number of likely N-dealkylation sites (tertiary alicyclic amines) is 1. The third-order valence-electron chi connectivity index (χ3n) is 4.58. The van der Waals surface area contributed by atoms with Gasteiger partial charge in [-0.3, -0.25) is 9.88 Å². The summed E-state index contributed by atoms with van der Waals surface area (Å²) in [5.74, 6) is 0. The second-order valence-electron chi connectivity index (χ2n) is 5.99. The highest BCUT2D eigenvalue weighted by molar-refractivity contribution is 5.16. The molecule has 1 N–H and O–H groups in total. The fourth-order valence-electron chi connectivity index (χ4n) is 3.58. The van der Waals surface area contributed by atoms with Gasteiger partial charge in [0.2, 0.25) is 0 Å². The third-order valence-corrected chi connectivity index (χ3v) is 4.58. The molecule has 2 fully saturated rings. The molecule has 110 valence electrons. The first-order chi connectivity index (χ1) is 9.84. The summed E-state index contributed by atoms with van der Waals surface area (Å²) < 4.78 is 5.57. The Balaban J connectivity index is 1.62. The first-order valence-electron chi connectivity index (χ1n) is 7.81. The van der Waals surface area contributed by atoms with Gasteiger partial charge >= 0.3 is 0 Å². The predicted octanol–water partition coefficient (Wildman–Crippen LogP) is 1.99. The van der Waals surface area contributed by atoms with Gasteiger partial charge < -0.3 is 10.1 Å². The fourth-order valence-corrected chi connectivity index (χ4v) is 3.58. The van der Waals surface area contributed by atoms with Crippen LogP contribution in [-0.2, 0) is 4.74 Å². The molecular formula is C16H25N3O. The van der Waals surface area contributed by atoms with Gasteiger partial charge in [0, 0.05) is 37.1 Å². The standard InChI is InChI=1S/C16H25N3O/c1-13(11-15-12-20-10-8-18-15)19-9-2-3-16(19)14-4-6-17-7-5-14/h4-7,13,15-16,18H,2-3,8-12H2,1H3. The molecule has 4 heteroatoms. The van der Waals surface area contributed by atoms with E-state index >= 15 is 0 Å². The molecule has 1 aromatic heterocycles. The molecule has 3 heterocycles. The molecule has 0 aliphatic carbocycles. The molecule has 4 nitrogen and oxygen atoms in total. The topological polar surface area (TPSA) is 37.4 Å². The van der Waals surface area contributed by atoms with Crippen molar-refractivity contribution in [1.82, 2.24) is 15.2 Å². The highest BCUT2D eigenvalue weighted by Crippen LogP contribution is 2.34. The number of nitrogens with zero attached hydrogens (tertiary/aromatic N) is 2. The quantitative estimate of drug-likeness (QED) is 0.912. The van der Waals surface area contributed by atoms with Crippen LogP contribution in [0.25, 0.3) is 0 Å². The molecule has 0 aromatic carbocycles. The SMILES string of the molecule is CC(CC1COCCN1)N1CCCC1c1ccncc1. The molecule has 3 rings (SSSR count). The van der Waals surface area contributed by atoms with Crippen LogP contribution in [0.2, 0.25) is 0 Å². The van der Waals surface area contributed by atoms with Crippen LogP contribution in [0.1, 0.15) is 37.8 Å². The fraction of sp³-hybridized carbons (Fsp3) is 0.688. The Morgan fingerprint density at radius 3 is 3.05 bits per heavy atom. The molecule has 2 aliphatic heterocycles. The molecule has 1 aromatic rings. The molecule has 0 amide bonds. The van der Waals surface area contributed by atoms with Crippen molar-refractivity contribution in [3.8, 4) is 0 Å². The zero-order chi connectivity index (χ0) is 13.8. The van der Waals surface area contributed by atoms with E-state index in [-0.39, 0.29) is 0 Å². The van der Waals surface area contributed by atoms with Gasteiger partial charge in [-0.1, -0.05) is 0 Å². The van der Waals surface area contributed by atoms with E-state index in [1.807, 2.05) is 12.4 Å². The summed E-state index contributed by atoms with van der Waals surface area (Å²) in [5.41, 5.74) is 1.41. The van der Waals surface area contributed by atoms with Crippen molar-refractivity contribution in [2.45, 2.75) is 44.3 Å². The van der Waals surface area contributed by atoms with Crippen molar-refractivity contribution in [3.63, 3.8) is 0 Å². The van der Waals surface area contributed by atoms with E-state index in [0.717, 1.165) is 19.8 Å². The summed E-state index contributed by atoms with van der Waals surface area (Å²) in [5, 5.41) is 3.57. The minimum absolute atomic E-state index is 0.512. The number of ether oxygens (including phenoxy) is 1. The molecule has 0 saturated carbocycles. The second-order valence-corrected chi connectivity index (χ2v) is 5.99. The van der Waals surface area contributed by atoms with Crippen LogP contribution in [0.3, 0.4) is 0 Å². The number of aromatic nitrogens is 1. The van der Waals surface area contributed by atoms with Gasteiger partial charge in [0.25, 0.3) is 0 Å². The minimum atomic E-state index is 0.512. The first-order valence-corrected chi connectivity index (χ1v) is 7.81. The molecular weight excluding hydrogens is 250 g/mol. The smallest absolute Gasteiger partial charge is 0.0620 e. The summed E-state index contributed by atoms with van der Waals surface area (Å²) in [7, 11) is 0. The Labute approximate surface area is 121 Å². The van der Waals surface area contributed by atoms with Gasteiger partial charge in [-0.2, -0.15) is 0 Å². The van der Waals surface area contributed by atoms with E-state index in [1.54, 1.807) is 0 Å². The number of morpholine rings is 1. The zero-order valence-electron chi connectivity index (χ0n) is 12.3. The first kappa shape index (κ1) is 14.0. The lowest BCUT2D eigenvalue weighted by molar-refractivity contribution is 0.0602. The van der Waals surface area contributed by atoms with Crippen LogP contribution in [-0.4, -0.2) is 48.3 Å². The molecule has 3 unspecified atom stereocenters. The Morgan fingerprint density at radius 1 is 1.45 bits per heavy atom. The van der Waals surface area contributed by atoms with Gasteiger partial charge in [0.1, 0.15) is 0 Å². The van der Waals surface area contributed by atoms with Crippen LogP contribution in [0.15, 0.2) is 24.5 Å². The van der Waals surface area contributed by atoms with Gasteiger partial charge in [0.15, 0.2) is 0 Å². The van der Waals surface area contributed by atoms with Crippen molar-refractivity contribution in [3.05, 3.63) is 30.1 Å². The van der Waals surface area contributed by atoms with Gasteiger partial charge in [-0.15, -0.1) is 0 Å². The second kappa shape index (κ2) is 6.66. The van der Waals surface area contributed by atoms with Crippen molar-refractivity contribution >= 4 is 0 Å². The molecule has 3 atom stereocenters. The Hall–Kier alpha value is -0.970. The maximum Gasteiger partial charge on any atom is 0.0620 e. The lowest BCUT2D eigenvalue weighted by atomic mass is 10.0. The van der Waals surface area contributed by atoms with E-state index in [1.165, 1.54) is 31.4 Å². The predicted molar refractivity (Wildman–Crippen MR) is 79.6 cm³/mol. The van der Waals surface area contributed by atoms with Crippen molar-refractivity contribution in [2.75, 3.05) is 26.3 Å². The van der Waals surface area contributed by atoms with E-state index in [4.69, 9.17) is 4.74 Å². The summed E-state index contributed by atoms with van der Waals surface area (Å²) in [4.78, 5) is 6.79. The average molecular weight is 275 g/mol. The number of hydrogen-bond acceptors (Lipinski definition) is 4. The third kappa shape index (κ3) is 3.19. The van der Waals surface area contributed by atoms with Crippen LogP contribution < -0.4 is 5.32 Å². The summed E-state index contributed by atoms with van der Waals surface area (Å²) in [6.45, 7) is 6.27. The highest BCUT2D eigenvalue weighted by atomic mass is 16.5. The Kier molecular flexibility index (Phi) is 4.65. The van der Waals surface area contributed by atoms with Crippen LogP contribution in [0.4, 0.5) is 0 Å². The van der Waals surface area contributed by atoms with Gasteiger partial charge in [0.05, 0.1) is 13.2 Å². The van der Waals surface area contributed by atoms with Gasteiger partial charge in [-0.25, -0.2) is 0 Å². The lowest BCUT2D eigenvalue weighted by Crippen LogP contribution is -2.45. The van der Waals surface area contributed by atoms with Crippen molar-refractivity contribution in [1.29, 1.82) is 0 Å². The molecule has 2 saturated heterocycles. The minimum Gasteiger partial charge on any atom is -0.379 e. The van der Waals surface area contributed by atoms with Crippen LogP contribution in [0, 0.1) is 0 Å². The molecule has 0 bridgehead atoms. The monoisotopic (exact) mass is 275 g/mol. The van der Waals surface area contributed by atoms with Crippen LogP contribution in [0.5, 0.6) is 0 Å². The van der Waals surface area contributed by atoms with Gasteiger partial charge in [-0.05, 0) is 50.4 Å². The Morgan fingerprint density at radius 2 is 2.30 bits per heavy atom. The average Bonchev–Trinajstić information content (AvgIpc) is 2.99. The maximum atomic E-state index is 5.57. The largest absolute Gasteiger partial charge is 0.379 e. The summed E-state index contributed by atoms with van der Waals surface area (Å²) >= 11 is 0. The van der Waals surface area contributed by atoms with Crippen LogP contribution >= 0.6 is 0 Å². The van der Waals surface area contributed by atoms with E-state index in [0.29, 0.717) is 18.1 Å². The number of pyridine rings is 1. The summed E-state index contributed by atoms with van der Waals surface area (Å²) in [6.07, 6.45) is 7.55. The molecule has 0 radical (unpaired) electrons.